The van der Waals surface area contributed by atoms with Crippen molar-refractivity contribution in [2.24, 2.45) is 17.3 Å². The fraction of sp³-hybridized carbons (Fsp3) is 0.553. The molecule has 2 aliphatic heterocycles. The fourth-order valence-corrected chi connectivity index (χ4v) is 10.3. The van der Waals surface area contributed by atoms with Crippen molar-refractivity contribution in [1.29, 1.82) is 0 Å². The maximum absolute atomic E-state index is 13.8. The predicted molar refractivity (Wildman–Crippen MR) is 232 cm³/mol. The number of benzene rings is 2. The normalized spacial score (nSPS) is 21.6. The number of nitro groups is 1. The highest BCUT2D eigenvalue weighted by molar-refractivity contribution is 5.89. The van der Waals surface area contributed by atoms with E-state index in [0.29, 0.717) is 46.6 Å². The third-order valence-electron chi connectivity index (χ3n) is 14.2. The molecule has 4 aromatic rings. The molecule has 63 heavy (non-hydrogen) atoms. The molecule has 336 valence electrons. The maximum Gasteiger partial charge on any atom is 0.416 e. The number of carbonyl (C=O) groups is 2. The van der Waals surface area contributed by atoms with Crippen molar-refractivity contribution in [1.82, 2.24) is 29.7 Å². The van der Waals surface area contributed by atoms with Gasteiger partial charge in [0.05, 0.1) is 28.2 Å². The van der Waals surface area contributed by atoms with E-state index in [2.05, 4.69) is 25.1 Å². The van der Waals surface area contributed by atoms with Gasteiger partial charge in [-0.05, 0) is 113 Å². The van der Waals surface area contributed by atoms with Crippen molar-refractivity contribution in [3.05, 3.63) is 99.1 Å². The number of nitrogens with zero attached hydrogens (tertiary/aromatic N) is 7. The molecule has 2 aromatic carbocycles. The lowest BCUT2D eigenvalue weighted by atomic mass is 9.65. The number of anilines is 1. The molecule has 1 atom stereocenters. The Kier molecular flexibility index (Phi) is 13.2. The summed E-state index contributed by atoms with van der Waals surface area (Å²) in [6.45, 7) is 9.54. The first-order chi connectivity index (χ1) is 30.2. The van der Waals surface area contributed by atoms with Crippen molar-refractivity contribution < 1.29 is 32.4 Å². The van der Waals surface area contributed by atoms with Gasteiger partial charge in [0, 0.05) is 80.9 Å². The summed E-state index contributed by atoms with van der Waals surface area (Å²) in [5.41, 5.74) is 1.12. The van der Waals surface area contributed by atoms with Gasteiger partial charge >= 0.3 is 12.3 Å². The summed E-state index contributed by atoms with van der Waals surface area (Å²) in [6.07, 6.45) is 6.78. The fourth-order valence-electron chi connectivity index (χ4n) is 10.3. The summed E-state index contributed by atoms with van der Waals surface area (Å²) in [7, 11) is 0. The highest BCUT2D eigenvalue weighted by atomic mass is 19.4. The number of carbonyl (C=O) groups excluding carboxylic acids is 2. The number of nitrogens with one attached hydrogen (secondary N) is 1. The molecule has 16 heteroatoms. The quantitative estimate of drug-likeness (QED) is 0.121. The molecule has 2 amide bonds. The van der Waals surface area contributed by atoms with Gasteiger partial charge in [0.15, 0.2) is 0 Å². The molecule has 13 nitrogen and oxygen atoms in total. The van der Waals surface area contributed by atoms with Crippen LogP contribution < -0.4 is 5.32 Å². The van der Waals surface area contributed by atoms with Gasteiger partial charge in [-0.25, -0.2) is 14.8 Å². The summed E-state index contributed by atoms with van der Waals surface area (Å²) >= 11 is 0. The molecule has 2 aromatic heterocycles. The van der Waals surface area contributed by atoms with Crippen LogP contribution in [-0.4, -0.2) is 92.4 Å². The number of pyridine rings is 1. The number of ether oxygens (including phenoxy) is 1. The molecule has 0 unspecified atom stereocenters. The van der Waals surface area contributed by atoms with Crippen molar-refractivity contribution in [2.45, 2.75) is 103 Å². The van der Waals surface area contributed by atoms with Gasteiger partial charge < -0.3 is 19.9 Å². The van der Waals surface area contributed by atoms with Crippen LogP contribution in [0.2, 0.25) is 0 Å². The Bertz CT molecular complexity index is 2260. The van der Waals surface area contributed by atoms with Gasteiger partial charge in [0.1, 0.15) is 18.2 Å². The van der Waals surface area contributed by atoms with Crippen LogP contribution >= 0.6 is 0 Å². The Hall–Kier alpha value is -5.38. The second-order valence-corrected chi connectivity index (χ2v) is 18.3. The topological polar surface area (TPSA) is 147 Å². The Balaban J connectivity index is 0.787. The first kappa shape index (κ1) is 44.2. The van der Waals surface area contributed by atoms with E-state index in [4.69, 9.17) is 9.72 Å². The second-order valence-electron chi connectivity index (χ2n) is 18.3. The molecule has 8 rings (SSSR count). The van der Waals surface area contributed by atoms with Crippen LogP contribution in [0.1, 0.15) is 111 Å². The van der Waals surface area contributed by atoms with Crippen molar-refractivity contribution >= 4 is 34.4 Å². The van der Waals surface area contributed by atoms with E-state index in [1.54, 1.807) is 20.0 Å². The number of hydrogen-bond acceptors (Lipinski definition) is 10. The van der Waals surface area contributed by atoms with E-state index in [9.17, 15) is 32.9 Å². The Morgan fingerprint density at radius 1 is 0.905 bits per heavy atom. The smallest absolute Gasteiger partial charge is 0.416 e. The molecule has 2 aliphatic carbocycles. The molecule has 2 saturated carbocycles. The minimum atomic E-state index is -4.75. The Labute approximate surface area is 365 Å². The zero-order chi connectivity index (χ0) is 44.3. The lowest BCUT2D eigenvalue weighted by molar-refractivity contribution is -0.385. The number of hydrogen-bond donors (Lipinski definition) is 1. The second kappa shape index (κ2) is 18.8. The molecular weight excluding hydrogens is 814 g/mol. The van der Waals surface area contributed by atoms with Gasteiger partial charge in [0.25, 0.3) is 5.69 Å². The van der Waals surface area contributed by atoms with Crippen LogP contribution in [0, 0.1) is 34.3 Å². The van der Waals surface area contributed by atoms with E-state index >= 15 is 0 Å². The van der Waals surface area contributed by atoms with Crippen molar-refractivity contribution in [2.75, 3.05) is 51.1 Å². The molecule has 4 fully saturated rings. The van der Waals surface area contributed by atoms with Crippen LogP contribution in [0.15, 0.2) is 60.8 Å². The first-order valence-corrected chi connectivity index (χ1v) is 22.5. The van der Waals surface area contributed by atoms with Gasteiger partial charge in [0.2, 0.25) is 5.91 Å². The molecule has 4 aliphatic rings. The predicted octanol–water partition coefficient (Wildman–Crippen LogP) is 9.46. The zero-order valence-electron chi connectivity index (χ0n) is 36.1. The number of non-ortho nitro benzene ring substituents is 1. The first-order valence-electron chi connectivity index (χ1n) is 22.5. The number of piperidine rings is 1. The summed E-state index contributed by atoms with van der Waals surface area (Å²) in [4.78, 5) is 57.5. The average Bonchev–Trinajstić information content (AvgIpc) is 3.29. The molecule has 0 bridgehead atoms. The van der Waals surface area contributed by atoms with E-state index < -0.39 is 28.4 Å². The minimum absolute atomic E-state index is 0.0273. The Morgan fingerprint density at radius 2 is 1.60 bits per heavy atom. The zero-order valence-corrected chi connectivity index (χ0v) is 36.1. The summed E-state index contributed by atoms with van der Waals surface area (Å²) < 4.78 is 46.5. The number of alkyl halides is 3. The third kappa shape index (κ3) is 10.5. The molecule has 1 N–H and O–H groups in total. The third-order valence-corrected chi connectivity index (χ3v) is 14.2. The highest BCUT2D eigenvalue weighted by Crippen LogP contribution is 2.47. The van der Waals surface area contributed by atoms with Gasteiger partial charge in [-0.15, -0.1) is 0 Å². The number of aromatic nitrogens is 3. The van der Waals surface area contributed by atoms with Crippen molar-refractivity contribution in [3.8, 4) is 0 Å². The molecular formula is C47H57F3N8O5. The number of halogens is 3. The number of nitro benzene ring substituents is 1. The number of likely N-dealkylation sites (tertiary alicyclic amines) is 1. The Morgan fingerprint density at radius 3 is 2.27 bits per heavy atom. The SMILES string of the molecule is Cc1nc(N[C@H](C)c2cc([N+](=O)[O-])cc(C(F)(F)F)c2)c2cc(C3CCC(C(=O)N4CCN(CC5CCC6(CC5)CCN(C(=O)OCc5ccccc5)CC6)CC4)CC3)ncc2n1. The van der Waals surface area contributed by atoms with Crippen LogP contribution in [0.25, 0.3) is 10.9 Å². The van der Waals surface area contributed by atoms with Gasteiger partial charge in [-0.1, -0.05) is 30.3 Å². The van der Waals surface area contributed by atoms with Gasteiger partial charge in [-0.2, -0.15) is 13.2 Å². The number of aryl methyl sites for hydroxylation is 1. The lowest BCUT2D eigenvalue weighted by Gasteiger charge is -2.46. The monoisotopic (exact) mass is 870 g/mol. The molecule has 1 spiro atoms. The van der Waals surface area contributed by atoms with Crippen molar-refractivity contribution in [3.63, 3.8) is 0 Å². The molecule has 2 saturated heterocycles. The number of piperazine rings is 1. The minimum Gasteiger partial charge on any atom is -0.445 e. The van der Waals surface area contributed by atoms with Crippen LogP contribution in [-0.2, 0) is 22.3 Å². The average molecular weight is 871 g/mol. The lowest BCUT2D eigenvalue weighted by Crippen LogP contribution is -2.52. The number of rotatable bonds is 10. The van der Waals surface area contributed by atoms with E-state index in [-0.39, 0.29) is 29.4 Å². The molecule has 4 heterocycles. The van der Waals surface area contributed by atoms with E-state index in [0.717, 1.165) is 108 Å². The van der Waals surface area contributed by atoms with Crippen LogP contribution in [0.4, 0.5) is 29.5 Å². The van der Waals surface area contributed by atoms with E-state index in [1.807, 2.05) is 41.3 Å². The van der Waals surface area contributed by atoms with Gasteiger partial charge in [-0.3, -0.25) is 24.8 Å². The number of amides is 2. The maximum atomic E-state index is 13.8. The standard InChI is InChI=1S/C47H57F3N8O5/c1-31(37-24-38(47(48,49)50)26-39(25-37)58(61)62)52-43-40-27-41(51-28-42(40)53-32(2)54-43)35-8-10-36(11-9-35)44(59)56-22-20-55(21-23-56)29-33-12-14-46(15-13-33)16-18-57(19-17-46)45(60)63-30-34-6-4-3-5-7-34/h3-7,24-28,31,33,35-36H,8-23,29-30H2,1-2H3,(H,52,53,54)/t31-,35?,36?/m1/s1. The molecule has 0 radical (unpaired) electrons. The van der Waals surface area contributed by atoms with Crippen LogP contribution in [0.5, 0.6) is 0 Å². The van der Waals surface area contributed by atoms with E-state index in [1.165, 1.54) is 25.7 Å². The summed E-state index contributed by atoms with van der Waals surface area (Å²) in [5, 5.41) is 15.3. The largest absolute Gasteiger partial charge is 0.445 e. The highest BCUT2D eigenvalue weighted by Gasteiger charge is 2.40. The number of fused-ring (bicyclic) bond motifs is 1. The summed E-state index contributed by atoms with van der Waals surface area (Å²) in [5.74, 6) is 1.85. The van der Waals surface area contributed by atoms with Crippen LogP contribution in [0.3, 0.4) is 0 Å². The summed E-state index contributed by atoms with van der Waals surface area (Å²) in [6, 6.07) is 13.6.